The first-order valence-corrected chi connectivity index (χ1v) is 10.7. The average Bonchev–Trinajstić information content (AvgIpc) is 3.43. The Kier molecular flexibility index (Phi) is 6.20. The molecule has 7 heteroatoms. The number of nitrogens with zero attached hydrogens (tertiary/aromatic N) is 1. The molecule has 2 N–H and O–H groups in total. The van der Waals surface area contributed by atoms with E-state index in [0.29, 0.717) is 30.3 Å². The van der Waals surface area contributed by atoms with Crippen LogP contribution in [0.25, 0.3) is 10.9 Å². The molecule has 0 saturated carbocycles. The Labute approximate surface area is 181 Å². The standard InChI is InChI=1S/C23H27N3O3S/c1-15-7-8-16(2)21-20(15)11-17(22(27)25-21)13-26(14-19-6-4-10-29-19)23(30)24-12-18-5-3-9-28-18/h3,5,7-9,11,19H,4,6,10,12-14H2,1-2H3,(H,24,30)(H,25,27)/t19-/m1/s1. The number of aromatic amines is 1. The van der Waals surface area contributed by atoms with Crippen LogP contribution in [0.4, 0.5) is 0 Å². The number of furan rings is 1. The Morgan fingerprint density at radius 3 is 2.87 bits per heavy atom. The van der Waals surface area contributed by atoms with Crippen molar-refractivity contribution >= 4 is 28.2 Å². The number of H-pyrrole nitrogens is 1. The summed E-state index contributed by atoms with van der Waals surface area (Å²) in [5.74, 6) is 0.809. The molecule has 1 aliphatic heterocycles. The third-order valence-electron chi connectivity index (χ3n) is 5.61. The molecule has 0 spiro atoms. The van der Waals surface area contributed by atoms with Gasteiger partial charge in [0.25, 0.3) is 5.56 Å². The van der Waals surface area contributed by atoms with Gasteiger partial charge in [-0.1, -0.05) is 12.1 Å². The molecular weight excluding hydrogens is 398 g/mol. The summed E-state index contributed by atoms with van der Waals surface area (Å²) in [4.78, 5) is 17.9. The number of rotatable bonds is 6. The van der Waals surface area contributed by atoms with E-state index in [0.717, 1.165) is 47.2 Å². The van der Waals surface area contributed by atoms with E-state index >= 15 is 0 Å². The second-order valence-electron chi connectivity index (χ2n) is 7.87. The molecule has 0 amide bonds. The third-order valence-corrected chi connectivity index (χ3v) is 6.01. The molecule has 1 aromatic carbocycles. The number of hydrogen-bond acceptors (Lipinski definition) is 4. The van der Waals surface area contributed by atoms with Crippen molar-refractivity contribution in [3.05, 3.63) is 69.4 Å². The molecule has 6 nitrogen and oxygen atoms in total. The van der Waals surface area contributed by atoms with Crippen LogP contribution in [-0.4, -0.2) is 34.3 Å². The van der Waals surface area contributed by atoms with Gasteiger partial charge in [0.2, 0.25) is 0 Å². The van der Waals surface area contributed by atoms with Crippen molar-refractivity contribution in [1.82, 2.24) is 15.2 Å². The van der Waals surface area contributed by atoms with E-state index in [2.05, 4.69) is 23.3 Å². The van der Waals surface area contributed by atoms with E-state index in [9.17, 15) is 4.79 Å². The maximum atomic E-state index is 12.8. The lowest BCUT2D eigenvalue weighted by Gasteiger charge is -2.28. The number of aromatic nitrogens is 1. The van der Waals surface area contributed by atoms with E-state index in [1.807, 2.05) is 36.1 Å². The minimum Gasteiger partial charge on any atom is -0.467 e. The number of benzene rings is 1. The molecule has 3 heterocycles. The predicted molar refractivity (Wildman–Crippen MR) is 122 cm³/mol. The monoisotopic (exact) mass is 425 g/mol. The maximum absolute atomic E-state index is 12.8. The summed E-state index contributed by atoms with van der Waals surface area (Å²) in [6, 6.07) is 9.86. The maximum Gasteiger partial charge on any atom is 0.253 e. The molecule has 1 aliphatic rings. The highest BCUT2D eigenvalue weighted by molar-refractivity contribution is 7.80. The van der Waals surface area contributed by atoms with Crippen molar-refractivity contribution < 1.29 is 9.15 Å². The predicted octanol–water partition coefficient (Wildman–Crippen LogP) is 3.79. The summed E-state index contributed by atoms with van der Waals surface area (Å²) in [7, 11) is 0. The van der Waals surface area contributed by atoms with E-state index < -0.39 is 0 Å². The van der Waals surface area contributed by atoms with Crippen LogP contribution in [0, 0.1) is 13.8 Å². The molecule has 0 unspecified atom stereocenters. The summed E-state index contributed by atoms with van der Waals surface area (Å²) >= 11 is 5.67. The van der Waals surface area contributed by atoms with Crippen molar-refractivity contribution in [1.29, 1.82) is 0 Å². The minimum absolute atomic E-state index is 0.0811. The van der Waals surface area contributed by atoms with Crippen LogP contribution in [-0.2, 0) is 17.8 Å². The second kappa shape index (κ2) is 9.02. The second-order valence-corrected chi connectivity index (χ2v) is 8.25. The largest absolute Gasteiger partial charge is 0.467 e. The van der Waals surface area contributed by atoms with Crippen LogP contribution in [0.15, 0.2) is 45.8 Å². The number of fused-ring (bicyclic) bond motifs is 1. The van der Waals surface area contributed by atoms with Gasteiger partial charge in [0.05, 0.1) is 31.0 Å². The van der Waals surface area contributed by atoms with Crippen LogP contribution in [0.2, 0.25) is 0 Å². The summed E-state index contributed by atoms with van der Waals surface area (Å²) in [5, 5.41) is 4.90. The summed E-state index contributed by atoms with van der Waals surface area (Å²) in [6.07, 6.45) is 3.82. The van der Waals surface area contributed by atoms with Crippen molar-refractivity contribution in [3.63, 3.8) is 0 Å². The van der Waals surface area contributed by atoms with Crippen molar-refractivity contribution in [2.45, 2.75) is 45.9 Å². The molecule has 0 radical (unpaired) electrons. The number of nitrogens with one attached hydrogen (secondary N) is 2. The van der Waals surface area contributed by atoms with Crippen LogP contribution in [0.1, 0.15) is 35.3 Å². The van der Waals surface area contributed by atoms with Crippen LogP contribution >= 0.6 is 12.2 Å². The van der Waals surface area contributed by atoms with Gasteiger partial charge in [-0.2, -0.15) is 0 Å². The molecular formula is C23H27N3O3S. The topological polar surface area (TPSA) is 70.5 Å². The quantitative estimate of drug-likeness (QED) is 0.586. The van der Waals surface area contributed by atoms with Gasteiger partial charge in [-0.25, -0.2) is 0 Å². The Bertz CT molecular complexity index is 1090. The fourth-order valence-electron chi connectivity index (χ4n) is 3.88. The van der Waals surface area contributed by atoms with Crippen LogP contribution in [0.3, 0.4) is 0 Å². The van der Waals surface area contributed by atoms with E-state index in [-0.39, 0.29) is 11.7 Å². The van der Waals surface area contributed by atoms with Crippen LogP contribution in [0.5, 0.6) is 0 Å². The summed E-state index contributed by atoms with van der Waals surface area (Å²) < 4.78 is 11.2. The Hall–Kier alpha value is -2.64. The van der Waals surface area contributed by atoms with Gasteiger partial charge < -0.3 is 24.4 Å². The van der Waals surface area contributed by atoms with Gasteiger partial charge in [-0.3, -0.25) is 4.79 Å². The molecule has 1 fully saturated rings. The number of ether oxygens (including phenoxy) is 1. The minimum atomic E-state index is -0.0811. The highest BCUT2D eigenvalue weighted by Gasteiger charge is 2.22. The Morgan fingerprint density at radius 2 is 2.13 bits per heavy atom. The summed E-state index contributed by atoms with van der Waals surface area (Å²) in [6.45, 7) is 6.41. The summed E-state index contributed by atoms with van der Waals surface area (Å²) in [5.41, 5.74) is 3.70. The first-order chi connectivity index (χ1) is 14.5. The highest BCUT2D eigenvalue weighted by atomic mass is 32.1. The van der Waals surface area contributed by atoms with Crippen LogP contribution < -0.4 is 10.9 Å². The zero-order chi connectivity index (χ0) is 21.1. The molecule has 158 valence electrons. The molecule has 1 saturated heterocycles. The average molecular weight is 426 g/mol. The highest BCUT2D eigenvalue weighted by Crippen LogP contribution is 2.21. The zero-order valence-corrected chi connectivity index (χ0v) is 18.2. The first-order valence-electron chi connectivity index (χ1n) is 10.3. The van der Waals surface area contributed by atoms with Crippen molar-refractivity contribution in [3.8, 4) is 0 Å². The molecule has 1 atom stereocenters. The number of thiocarbonyl (C=S) groups is 1. The number of aryl methyl sites for hydroxylation is 2. The lowest BCUT2D eigenvalue weighted by molar-refractivity contribution is 0.0896. The molecule has 2 aromatic heterocycles. The zero-order valence-electron chi connectivity index (χ0n) is 17.4. The molecule has 4 rings (SSSR count). The number of hydrogen-bond donors (Lipinski definition) is 2. The van der Waals surface area contributed by atoms with E-state index in [1.165, 1.54) is 0 Å². The van der Waals surface area contributed by atoms with Gasteiger partial charge in [-0.15, -0.1) is 0 Å². The smallest absolute Gasteiger partial charge is 0.253 e. The van der Waals surface area contributed by atoms with E-state index in [4.69, 9.17) is 21.4 Å². The van der Waals surface area contributed by atoms with Gasteiger partial charge in [0, 0.05) is 24.1 Å². The fraction of sp³-hybridized carbons (Fsp3) is 0.391. The molecule has 0 bridgehead atoms. The van der Waals surface area contributed by atoms with Gasteiger partial charge in [0.15, 0.2) is 5.11 Å². The van der Waals surface area contributed by atoms with E-state index in [1.54, 1.807) is 6.26 Å². The van der Waals surface area contributed by atoms with Gasteiger partial charge in [-0.05, 0) is 68.2 Å². The normalized spacial score (nSPS) is 16.1. The first kappa shape index (κ1) is 20.6. The third kappa shape index (κ3) is 4.57. The molecule has 0 aliphatic carbocycles. The lowest BCUT2D eigenvalue weighted by atomic mass is 10.0. The fourth-order valence-corrected chi connectivity index (χ4v) is 4.09. The van der Waals surface area contributed by atoms with Gasteiger partial charge >= 0.3 is 0 Å². The lowest BCUT2D eigenvalue weighted by Crippen LogP contribution is -2.43. The Balaban J connectivity index is 1.58. The van der Waals surface area contributed by atoms with Crippen molar-refractivity contribution in [2.75, 3.05) is 13.2 Å². The SMILES string of the molecule is Cc1ccc(C)c2[nH]c(=O)c(CN(C[C@H]3CCCO3)C(=S)NCc3ccco3)cc12. The molecule has 3 aromatic rings. The number of pyridine rings is 1. The molecule has 30 heavy (non-hydrogen) atoms. The Morgan fingerprint density at radius 1 is 1.30 bits per heavy atom. The van der Waals surface area contributed by atoms with Crippen molar-refractivity contribution in [2.24, 2.45) is 0 Å². The van der Waals surface area contributed by atoms with Gasteiger partial charge in [0.1, 0.15) is 5.76 Å².